The van der Waals surface area contributed by atoms with Gasteiger partial charge in [0.1, 0.15) is 12.4 Å². The van der Waals surface area contributed by atoms with Crippen LogP contribution in [0.4, 0.5) is 0 Å². The normalized spacial score (nSPS) is 14.0. The van der Waals surface area contributed by atoms with Gasteiger partial charge in [0.2, 0.25) is 0 Å². The standard InChI is InChI=1S/C23H31N3O2.2ClH/c1-17(2)26-16-20(15-24-26)7-8-22(27)21-13-18(3)23(19(4)14-21)28-12-11-25-9-5-6-10-25;;/h7-8,13-17H,5-6,9-12H2,1-4H3;2*1H/b8-7+;;. The molecule has 0 radical (unpaired) electrons. The SMILES string of the molecule is Cc1cc(C(=O)/C=C/c2cnn(C(C)C)c2)cc(C)c1OCCN1CCCC1.Cl.Cl. The lowest BCUT2D eigenvalue weighted by Gasteiger charge is -2.17. The van der Waals surface area contributed by atoms with Crippen LogP contribution in [0.1, 0.15) is 59.8 Å². The summed E-state index contributed by atoms with van der Waals surface area (Å²) in [6.45, 7) is 12.2. The smallest absolute Gasteiger partial charge is 0.185 e. The van der Waals surface area contributed by atoms with E-state index in [9.17, 15) is 4.79 Å². The summed E-state index contributed by atoms with van der Waals surface area (Å²) >= 11 is 0. The highest BCUT2D eigenvalue weighted by Crippen LogP contribution is 2.25. The number of carbonyl (C=O) groups excluding carboxylic acids is 1. The summed E-state index contributed by atoms with van der Waals surface area (Å²) in [7, 11) is 0. The van der Waals surface area contributed by atoms with E-state index in [0.717, 1.165) is 29.0 Å². The van der Waals surface area contributed by atoms with Crippen LogP contribution in [0.25, 0.3) is 6.08 Å². The number of rotatable bonds is 8. The predicted molar refractivity (Wildman–Crippen MR) is 128 cm³/mol. The van der Waals surface area contributed by atoms with Crippen LogP contribution in [0.2, 0.25) is 0 Å². The van der Waals surface area contributed by atoms with Crippen molar-refractivity contribution in [3.05, 3.63) is 52.9 Å². The van der Waals surface area contributed by atoms with Crippen molar-refractivity contribution in [2.24, 2.45) is 0 Å². The third-order valence-corrected chi connectivity index (χ3v) is 5.18. The topological polar surface area (TPSA) is 47.4 Å². The molecule has 2 heterocycles. The Morgan fingerprint density at radius 3 is 2.37 bits per heavy atom. The van der Waals surface area contributed by atoms with Crippen molar-refractivity contribution < 1.29 is 9.53 Å². The molecule has 1 aliphatic rings. The lowest BCUT2D eigenvalue weighted by molar-refractivity contribution is 0.104. The van der Waals surface area contributed by atoms with Crippen LogP contribution in [-0.2, 0) is 0 Å². The molecule has 0 spiro atoms. The Morgan fingerprint density at radius 2 is 1.80 bits per heavy atom. The molecule has 1 aromatic carbocycles. The van der Waals surface area contributed by atoms with E-state index in [4.69, 9.17) is 4.74 Å². The van der Waals surface area contributed by atoms with Crippen LogP contribution in [0.15, 0.2) is 30.6 Å². The number of halogens is 2. The second-order valence-electron chi connectivity index (χ2n) is 7.88. The largest absolute Gasteiger partial charge is 0.492 e. The van der Waals surface area contributed by atoms with Gasteiger partial charge in [0.05, 0.1) is 6.20 Å². The Kier molecular flexibility index (Phi) is 10.6. The van der Waals surface area contributed by atoms with Crippen molar-refractivity contribution >= 4 is 36.7 Å². The molecule has 0 unspecified atom stereocenters. The number of hydrogen-bond acceptors (Lipinski definition) is 4. The Balaban J connectivity index is 0.00000225. The predicted octanol–water partition coefficient (Wildman–Crippen LogP) is 5.30. The molecule has 30 heavy (non-hydrogen) atoms. The molecule has 1 aliphatic heterocycles. The maximum Gasteiger partial charge on any atom is 0.185 e. The van der Waals surface area contributed by atoms with Crippen LogP contribution in [0.3, 0.4) is 0 Å². The number of hydrogen-bond donors (Lipinski definition) is 0. The molecule has 0 N–H and O–H groups in total. The maximum absolute atomic E-state index is 12.6. The Labute approximate surface area is 192 Å². The highest BCUT2D eigenvalue weighted by molar-refractivity contribution is 6.07. The van der Waals surface area contributed by atoms with Gasteiger partial charge in [-0.15, -0.1) is 24.8 Å². The van der Waals surface area contributed by atoms with Crippen molar-refractivity contribution in [3.63, 3.8) is 0 Å². The van der Waals surface area contributed by atoms with Crippen molar-refractivity contribution in [1.82, 2.24) is 14.7 Å². The molecule has 1 saturated heterocycles. The zero-order valence-corrected chi connectivity index (χ0v) is 19.9. The molecule has 5 nitrogen and oxygen atoms in total. The number of carbonyl (C=O) groups is 1. The van der Waals surface area contributed by atoms with E-state index in [2.05, 4.69) is 23.8 Å². The van der Waals surface area contributed by atoms with Gasteiger partial charge >= 0.3 is 0 Å². The van der Waals surface area contributed by atoms with Crippen LogP contribution in [0.5, 0.6) is 5.75 Å². The Hall–Kier alpha value is -1.82. The lowest BCUT2D eigenvalue weighted by atomic mass is 10.0. The van der Waals surface area contributed by atoms with Gasteiger partial charge in [-0.1, -0.05) is 0 Å². The van der Waals surface area contributed by atoms with Gasteiger partial charge in [0.25, 0.3) is 0 Å². The van der Waals surface area contributed by atoms with Crippen LogP contribution in [-0.4, -0.2) is 46.7 Å². The van der Waals surface area contributed by atoms with E-state index >= 15 is 0 Å². The van der Waals surface area contributed by atoms with Crippen molar-refractivity contribution in [3.8, 4) is 5.75 Å². The fourth-order valence-electron chi connectivity index (χ4n) is 3.59. The fourth-order valence-corrected chi connectivity index (χ4v) is 3.59. The number of benzene rings is 1. The third-order valence-electron chi connectivity index (χ3n) is 5.18. The van der Waals surface area contributed by atoms with Gasteiger partial charge in [-0.2, -0.15) is 5.10 Å². The average molecular weight is 454 g/mol. The number of likely N-dealkylation sites (tertiary alicyclic amines) is 1. The molecule has 0 atom stereocenters. The molecule has 3 rings (SSSR count). The first-order valence-corrected chi connectivity index (χ1v) is 10.2. The summed E-state index contributed by atoms with van der Waals surface area (Å²) in [6, 6.07) is 4.14. The summed E-state index contributed by atoms with van der Waals surface area (Å²) in [5.74, 6) is 0.894. The van der Waals surface area contributed by atoms with Crippen LogP contribution in [0, 0.1) is 13.8 Å². The highest BCUT2D eigenvalue weighted by Gasteiger charge is 2.13. The minimum atomic E-state index is -0.00730. The maximum atomic E-state index is 12.6. The fraction of sp³-hybridized carbons (Fsp3) is 0.478. The molecule has 0 aliphatic carbocycles. The van der Waals surface area contributed by atoms with E-state index in [0.29, 0.717) is 18.2 Å². The van der Waals surface area contributed by atoms with Gasteiger partial charge in [-0.05, 0) is 89.0 Å². The summed E-state index contributed by atoms with van der Waals surface area (Å²) in [5.41, 5.74) is 3.63. The zero-order chi connectivity index (χ0) is 20.1. The number of ketones is 1. The molecule has 0 bridgehead atoms. The molecule has 7 heteroatoms. The molecule has 1 fully saturated rings. The van der Waals surface area contributed by atoms with Gasteiger partial charge in [0.15, 0.2) is 5.78 Å². The number of allylic oxidation sites excluding steroid dienone is 1. The number of aromatic nitrogens is 2. The van der Waals surface area contributed by atoms with E-state index in [1.807, 2.05) is 42.9 Å². The summed E-state index contributed by atoms with van der Waals surface area (Å²) < 4.78 is 7.92. The number of aryl methyl sites for hydroxylation is 2. The van der Waals surface area contributed by atoms with Crippen molar-refractivity contribution in [2.75, 3.05) is 26.2 Å². The first-order chi connectivity index (χ1) is 13.4. The van der Waals surface area contributed by atoms with Gasteiger partial charge in [-0.3, -0.25) is 14.4 Å². The number of nitrogens with zero attached hydrogens (tertiary/aromatic N) is 3. The van der Waals surface area contributed by atoms with E-state index in [1.165, 1.54) is 25.9 Å². The van der Waals surface area contributed by atoms with Crippen LogP contribution >= 0.6 is 24.8 Å². The van der Waals surface area contributed by atoms with Gasteiger partial charge < -0.3 is 4.74 Å². The molecule has 0 amide bonds. The van der Waals surface area contributed by atoms with Crippen molar-refractivity contribution in [2.45, 2.75) is 46.6 Å². The molecule has 2 aromatic rings. The Morgan fingerprint density at radius 1 is 1.17 bits per heavy atom. The second kappa shape index (κ2) is 12.1. The lowest BCUT2D eigenvalue weighted by Crippen LogP contribution is -2.25. The Bertz CT molecular complexity index is 833. The first kappa shape index (κ1) is 26.2. The monoisotopic (exact) mass is 453 g/mol. The molecular weight excluding hydrogens is 421 g/mol. The van der Waals surface area contributed by atoms with E-state index in [-0.39, 0.29) is 30.6 Å². The molecule has 1 aromatic heterocycles. The summed E-state index contributed by atoms with van der Waals surface area (Å²) in [5, 5.41) is 4.30. The molecule has 166 valence electrons. The minimum Gasteiger partial charge on any atom is -0.492 e. The van der Waals surface area contributed by atoms with Gasteiger partial charge in [-0.25, -0.2) is 0 Å². The molecule has 0 saturated carbocycles. The summed E-state index contributed by atoms with van der Waals surface area (Å²) in [6.07, 6.45) is 9.74. The summed E-state index contributed by atoms with van der Waals surface area (Å²) in [4.78, 5) is 15.0. The first-order valence-electron chi connectivity index (χ1n) is 10.2. The molecular formula is C23H33Cl2N3O2. The quantitative estimate of drug-likeness (QED) is 0.402. The van der Waals surface area contributed by atoms with Gasteiger partial charge in [0, 0.05) is 29.9 Å². The average Bonchev–Trinajstić information content (AvgIpc) is 3.33. The third kappa shape index (κ3) is 6.86. The minimum absolute atomic E-state index is 0. The highest BCUT2D eigenvalue weighted by atomic mass is 35.5. The second-order valence-corrected chi connectivity index (χ2v) is 7.88. The van der Waals surface area contributed by atoms with Crippen LogP contribution < -0.4 is 4.74 Å². The van der Waals surface area contributed by atoms with Crippen molar-refractivity contribution in [1.29, 1.82) is 0 Å². The van der Waals surface area contributed by atoms with E-state index < -0.39 is 0 Å². The number of ether oxygens (including phenoxy) is 1. The van der Waals surface area contributed by atoms with E-state index in [1.54, 1.807) is 12.3 Å². The zero-order valence-electron chi connectivity index (χ0n) is 18.3.